The first-order valence-corrected chi connectivity index (χ1v) is 6.46. The average molecular weight is 226 g/mol. The summed E-state index contributed by atoms with van der Waals surface area (Å²) in [5.41, 5.74) is 1.15. The molecule has 1 atom stereocenters. The van der Waals surface area contributed by atoms with Crippen LogP contribution in [0, 0.1) is 0 Å². The number of hydrogen-bond acceptors (Lipinski definition) is 4. The maximum absolute atomic E-state index is 5.70. The fourth-order valence-electron chi connectivity index (χ4n) is 1.87. The van der Waals surface area contributed by atoms with Crippen molar-refractivity contribution in [2.24, 2.45) is 0 Å². The molecule has 1 saturated heterocycles. The Balaban J connectivity index is 1.86. The Hall–Kier alpha value is -0.450. The molecule has 0 radical (unpaired) electrons. The maximum Gasteiger partial charge on any atom is 0.0954 e. The average Bonchev–Trinajstić information content (AvgIpc) is 2.68. The Kier molecular flexibility index (Phi) is 4.11. The third-order valence-corrected chi connectivity index (χ3v) is 3.55. The summed E-state index contributed by atoms with van der Waals surface area (Å²) in [6.45, 7) is 1.79. The van der Waals surface area contributed by atoms with Crippen LogP contribution in [0.2, 0.25) is 0 Å². The van der Waals surface area contributed by atoms with E-state index in [4.69, 9.17) is 4.74 Å². The summed E-state index contributed by atoms with van der Waals surface area (Å²) >= 11 is 1.75. The Morgan fingerprint density at radius 3 is 3.27 bits per heavy atom. The monoisotopic (exact) mass is 226 g/mol. The van der Waals surface area contributed by atoms with Crippen molar-refractivity contribution in [1.29, 1.82) is 0 Å². The minimum Gasteiger partial charge on any atom is -0.378 e. The Labute approximate surface area is 94.9 Å². The first-order valence-electron chi connectivity index (χ1n) is 5.58. The van der Waals surface area contributed by atoms with Crippen LogP contribution >= 0.6 is 11.3 Å². The predicted octanol–water partition coefficient (Wildman–Crippen LogP) is 1.97. The van der Waals surface area contributed by atoms with Gasteiger partial charge in [0.05, 0.1) is 16.8 Å². The van der Waals surface area contributed by atoms with Crippen LogP contribution in [0.1, 0.15) is 30.0 Å². The largest absolute Gasteiger partial charge is 0.378 e. The molecule has 1 aromatic rings. The summed E-state index contributed by atoms with van der Waals surface area (Å²) in [4.78, 5) is 4.57. The summed E-state index contributed by atoms with van der Waals surface area (Å²) in [5, 5.41) is 6.46. The van der Waals surface area contributed by atoms with Crippen LogP contribution in [0.3, 0.4) is 0 Å². The van der Waals surface area contributed by atoms with Gasteiger partial charge < -0.3 is 10.1 Å². The molecule has 1 N–H and O–H groups in total. The van der Waals surface area contributed by atoms with Crippen molar-refractivity contribution in [1.82, 2.24) is 10.3 Å². The zero-order chi connectivity index (χ0) is 10.5. The minimum absolute atomic E-state index is 0.410. The van der Waals surface area contributed by atoms with Crippen molar-refractivity contribution < 1.29 is 4.74 Å². The lowest BCUT2D eigenvalue weighted by molar-refractivity contribution is 0.0167. The summed E-state index contributed by atoms with van der Waals surface area (Å²) < 4.78 is 5.70. The van der Waals surface area contributed by atoms with Crippen molar-refractivity contribution in [3.05, 3.63) is 16.1 Å². The van der Waals surface area contributed by atoms with E-state index in [9.17, 15) is 0 Å². The van der Waals surface area contributed by atoms with Crippen molar-refractivity contribution in [3.63, 3.8) is 0 Å². The summed E-state index contributed by atoms with van der Waals surface area (Å²) in [6.07, 6.45) is 5.13. The van der Waals surface area contributed by atoms with Crippen molar-refractivity contribution in [2.45, 2.75) is 38.3 Å². The maximum atomic E-state index is 5.70. The zero-order valence-electron chi connectivity index (χ0n) is 9.16. The van der Waals surface area contributed by atoms with E-state index in [1.807, 2.05) is 7.05 Å². The van der Waals surface area contributed by atoms with E-state index in [-0.39, 0.29) is 0 Å². The van der Waals surface area contributed by atoms with E-state index >= 15 is 0 Å². The highest BCUT2D eigenvalue weighted by molar-refractivity contribution is 7.09. The van der Waals surface area contributed by atoms with Crippen LogP contribution in [0.5, 0.6) is 0 Å². The SMILES string of the molecule is CNCc1csc(CC2CCCCO2)n1. The lowest BCUT2D eigenvalue weighted by Gasteiger charge is -2.21. The smallest absolute Gasteiger partial charge is 0.0954 e. The molecule has 0 aromatic carbocycles. The van der Waals surface area contributed by atoms with Gasteiger partial charge in [-0.25, -0.2) is 4.98 Å². The molecule has 0 amide bonds. The van der Waals surface area contributed by atoms with Crippen LogP contribution in [-0.2, 0) is 17.7 Å². The van der Waals surface area contributed by atoms with Gasteiger partial charge in [0.15, 0.2) is 0 Å². The molecule has 1 aliphatic rings. The standard InChI is InChI=1S/C11H18N2OS/c1-12-7-9-8-15-11(13-9)6-10-4-2-3-5-14-10/h8,10,12H,2-7H2,1H3. The molecule has 1 fully saturated rings. The van der Waals surface area contributed by atoms with Crippen molar-refractivity contribution in [3.8, 4) is 0 Å². The third kappa shape index (κ3) is 3.26. The van der Waals surface area contributed by atoms with Crippen LogP contribution < -0.4 is 5.32 Å². The van der Waals surface area contributed by atoms with Gasteiger partial charge in [0, 0.05) is 25.0 Å². The molecule has 3 nitrogen and oxygen atoms in total. The van der Waals surface area contributed by atoms with E-state index in [0.717, 1.165) is 25.3 Å². The Morgan fingerprint density at radius 2 is 2.53 bits per heavy atom. The van der Waals surface area contributed by atoms with E-state index < -0.39 is 0 Å². The van der Waals surface area contributed by atoms with E-state index in [2.05, 4.69) is 15.7 Å². The summed E-state index contributed by atoms with van der Waals surface area (Å²) in [5.74, 6) is 0. The molecule has 15 heavy (non-hydrogen) atoms. The van der Waals surface area contributed by atoms with E-state index in [1.54, 1.807) is 11.3 Å². The second-order valence-electron chi connectivity index (χ2n) is 3.96. The van der Waals surface area contributed by atoms with Gasteiger partial charge in [-0.05, 0) is 26.3 Å². The fraction of sp³-hybridized carbons (Fsp3) is 0.727. The minimum atomic E-state index is 0.410. The van der Waals surface area contributed by atoms with Crippen molar-refractivity contribution in [2.75, 3.05) is 13.7 Å². The second kappa shape index (κ2) is 5.58. The lowest BCUT2D eigenvalue weighted by atomic mass is 10.1. The first kappa shape index (κ1) is 11.0. The number of ether oxygens (including phenoxy) is 1. The Bertz CT molecular complexity index is 295. The van der Waals surface area contributed by atoms with Gasteiger partial charge in [-0.1, -0.05) is 0 Å². The molecule has 0 saturated carbocycles. The number of thiazole rings is 1. The second-order valence-corrected chi connectivity index (χ2v) is 4.90. The highest BCUT2D eigenvalue weighted by Crippen LogP contribution is 2.19. The number of aromatic nitrogens is 1. The number of nitrogens with zero attached hydrogens (tertiary/aromatic N) is 1. The molecule has 0 aliphatic carbocycles. The molecule has 2 heterocycles. The summed E-state index contributed by atoms with van der Waals surface area (Å²) in [7, 11) is 1.95. The fourth-order valence-corrected chi connectivity index (χ4v) is 2.73. The third-order valence-electron chi connectivity index (χ3n) is 2.63. The molecule has 4 heteroatoms. The lowest BCUT2D eigenvalue weighted by Crippen LogP contribution is -2.21. The molecule has 1 aliphatic heterocycles. The molecule has 1 unspecified atom stereocenters. The number of nitrogens with one attached hydrogen (secondary N) is 1. The van der Waals surface area contributed by atoms with Gasteiger partial charge in [0.2, 0.25) is 0 Å². The van der Waals surface area contributed by atoms with Crippen molar-refractivity contribution >= 4 is 11.3 Å². The molecular formula is C11H18N2OS. The topological polar surface area (TPSA) is 34.1 Å². The Morgan fingerprint density at radius 1 is 1.60 bits per heavy atom. The van der Waals surface area contributed by atoms with Crippen LogP contribution in [-0.4, -0.2) is 24.7 Å². The van der Waals surface area contributed by atoms with Gasteiger partial charge in [-0.2, -0.15) is 0 Å². The first-order chi connectivity index (χ1) is 7.38. The van der Waals surface area contributed by atoms with E-state index in [0.29, 0.717) is 6.10 Å². The van der Waals surface area contributed by atoms with Gasteiger partial charge in [0.1, 0.15) is 0 Å². The number of rotatable bonds is 4. The predicted molar refractivity (Wildman–Crippen MR) is 62.2 cm³/mol. The zero-order valence-corrected chi connectivity index (χ0v) is 9.98. The highest BCUT2D eigenvalue weighted by atomic mass is 32.1. The van der Waals surface area contributed by atoms with E-state index in [1.165, 1.54) is 24.3 Å². The summed E-state index contributed by atoms with van der Waals surface area (Å²) in [6, 6.07) is 0. The molecule has 1 aromatic heterocycles. The molecule has 84 valence electrons. The van der Waals surface area contributed by atoms with Crippen LogP contribution in [0.15, 0.2) is 5.38 Å². The van der Waals surface area contributed by atoms with Gasteiger partial charge >= 0.3 is 0 Å². The quantitative estimate of drug-likeness (QED) is 0.852. The highest BCUT2D eigenvalue weighted by Gasteiger charge is 2.15. The number of hydrogen-bond donors (Lipinski definition) is 1. The molecular weight excluding hydrogens is 208 g/mol. The molecule has 0 bridgehead atoms. The molecule has 0 spiro atoms. The van der Waals surface area contributed by atoms with Gasteiger partial charge in [-0.15, -0.1) is 11.3 Å². The van der Waals surface area contributed by atoms with Crippen LogP contribution in [0.4, 0.5) is 0 Å². The molecule has 2 rings (SSSR count). The normalized spacial score (nSPS) is 21.8. The van der Waals surface area contributed by atoms with Gasteiger partial charge in [-0.3, -0.25) is 0 Å². The van der Waals surface area contributed by atoms with Crippen LogP contribution in [0.25, 0.3) is 0 Å². The van der Waals surface area contributed by atoms with Gasteiger partial charge in [0.25, 0.3) is 0 Å².